The molecule has 4 heteroatoms. The topological polar surface area (TPSA) is 82.9 Å². The first-order valence-electron chi connectivity index (χ1n) is 7.28. The molecule has 0 bridgehead atoms. The van der Waals surface area contributed by atoms with Crippen LogP contribution in [0.2, 0.25) is 0 Å². The molecule has 0 saturated heterocycles. The SMILES string of the molecule is CCc1ccc(C2c3ccc(N)cc3OC(=N)C2C#N)cc1. The van der Waals surface area contributed by atoms with Crippen LogP contribution in [0.4, 0.5) is 5.69 Å². The van der Waals surface area contributed by atoms with Gasteiger partial charge in [0, 0.05) is 23.2 Å². The van der Waals surface area contributed by atoms with Gasteiger partial charge in [0.2, 0.25) is 5.90 Å². The fourth-order valence-corrected chi connectivity index (χ4v) is 2.88. The number of anilines is 1. The summed E-state index contributed by atoms with van der Waals surface area (Å²) in [5, 5.41) is 17.5. The van der Waals surface area contributed by atoms with Gasteiger partial charge < -0.3 is 10.5 Å². The molecule has 0 aliphatic carbocycles. The number of nitrogens with zero attached hydrogens (tertiary/aromatic N) is 1. The highest BCUT2D eigenvalue weighted by atomic mass is 16.5. The smallest absolute Gasteiger partial charge is 0.205 e. The molecule has 110 valence electrons. The maximum absolute atomic E-state index is 9.48. The molecule has 4 nitrogen and oxygen atoms in total. The van der Waals surface area contributed by atoms with Crippen molar-refractivity contribution in [2.75, 3.05) is 5.73 Å². The van der Waals surface area contributed by atoms with Crippen molar-refractivity contribution in [2.24, 2.45) is 5.92 Å². The average molecular weight is 291 g/mol. The molecule has 3 rings (SSSR count). The van der Waals surface area contributed by atoms with Crippen LogP contribution in [0.3, 0.4) is 0 Å². The normalized spacial score (nSPS) is 19.9. The summed E-state index contributed by atoms with van der Waals surface area (Å²) in [6.45, 7) is 2.11. The van der Waals surface area contributed by atoms with Gasteiger partial charge >= 0.3 is 0 Å². The number of benzene rings is 2. The Morgan fingerprint density at radius 3 is 2.59 bits per heavy atom. The lowest BCUT2D eigenvalue weighted by Crippen LogP contribution is -2.31. The van der Waals surface area contributed by atoms with E-state index >= 15 is 0 Å². The van der Waals surface area contributed by atoms with Crippen molar-refractivity contribution in [3.63, 3.8) is 0 Å². The number of nitrogen functional groups attached to an aromatic ring is 1. The van der Waals surface area contributed by atoms with Crippen molar-refractivity contribution in [3.8, 4) is 11.8 Å². The van der Waals surface area contributed by atoms with Crippen LogP contribution in [0.25, 0.3) is 0 Å². The molecule has 0 fully saturated rings. The summed E-state index contributed by atoms with van der Waals surface area (Å²) in [6.07, 6.45) is 0.971. The van der Waals surface area contributed by atoms with E-state index in [9.17, 15) is 5.26 Å². The minimum absolute atomic E-state index is 0.0230. The van der Waals surface area contributed by atoms with E-state index in [2.05, 4.69) is 25.1 Å². The quantitative estimate of drug-likeness (QED) is 0.831. The third-order valence-corrected chi connectivity index (χ3v) is 4.09. The third kappa shape index (κ3) is 2.31. The fraction of sp³-hybridized carbons (Fsp3) is 0.222. The number of rotatable bonds is 2. The highest BCUT2D eigenvalue weighted by Crippen LogP contribution is 2.42. The van der Waals surface area contributed by atoms with Crippen LogP contribution in [-0.4, -0.2) is 5.90 Å². The zero-order chi connectivity index (χ0) is 15.7. The van der Waals surface area contributed by atoms with E-state index in [0.29, 0.717) is 11.4 Å². The summed E-state index contributed by atoms with van der Waals surface area (Å²) in [7, 11) is 0. The molecule has 0 radical (unpaired) electrons. The van der Waals surface area contributed by atoms with Gasteiger partial charge in [-0.2, -0.15) is 5.26 Å². The average Bonchev–Trinajstić information content (AvgIpc) is 2.53. The van der Waals surface area contributed by atoms with Crippen molar-refractivity contribution >= 4 is 11.6 Å². The summed E-state index contributed by atoms with van der Waals surface area (Å²) in [6, 6.07) is 15.8. The van der Waals surface area contributed by atoms with Gasteiger partial charge in [-0.05, 0) is 23.6 Å². The Balaban J connectivity index is 2.13. The number of nitrogens with two attached hydrogens (primary N) is 1. The minimum Gasteiger partial charge on any atom is -0.442 e. The first kappa shape index (κ1) is 14.2. The summed E-state index contributed by atoms with van der Waals surface area (Å²) < 4.78 is 5.49. The zero-order valence-corrected chi connectivity index (χ0v) is 12.3. The van der Waals surface area contributed by atoms with Crippen LogP contribution in [0.15, 0.2) is 42.5 Å². The minimum atomic E-state index is -0.622. The Labute approximate surface area is 129 Å². The molecule has 2 aromatic rings. The van der Waals surface area contributed by atoms with Gasteiger partial charge in [0.15, 0.2) is 0 Å². The van der Waals surface area contributed by atoms with E-state index in [1.54, 1.807) is 12.1 Å². The second-order valence-electron chi connectivity index (χ2n) is 5.44. The summed E-state index contributed by atoms with van der Waals surface area (Å²) in [5.41, 5.74) is 9.55. The largest absolute Gasteiger partial charge is 0.442 e. The Bertz CT molecular complexity index is 759. The van der Waals surface area contributed by atoms with Crippen molar-refractivity contribution < 1.29 is 4.74 Å². The lowest BCUT2D eigenvalue weighted by molar-refractivity contribution is 0.451. The predicted molar refractivity (Wildman–Crippen MR) is 86.0 cm³/mol. The molecule has 0 amide bonds. The van der Waals surface area contributed by atoms with E-state index in [-0.39, 0.29) is 11.8 Å². The van der Waals surface area contributed by atoms with E-state index in [1.807, 2.05) is 18.2 Å². The summed E-state index contributed by atoms with van der Waals surface area (Å²) in [4.78, 5) is 0. The number of hydrogen-bond acceptors (Lipinski definition) is 4. The molecule has 0 saturated carbocycles. The predicted octanol–water partition coefficient (Wildman–Crippen LogP) is 3.47. The van der Waals surface area contributed by atoms with Crippen molar-refractivity contribution in [3.05, 3.63) is 59.2 Å². The van der Waals surface area contributed by atoms with Crippen molar-refractivity contribution in [2.45, 2.75) is 19.3 Å². The lowest BCUT2D eigenvalue weighted by atomic mass is 9.79. The Morgan fingerprint density at radius 1 is 1.23 bits per heavy atom. The fourth-order valence-electron chi connectivity index (χ4n) is 2.88. The first-order valence-corrected chi connectivity index (χ1v) is 7.28. The van der Waals surface area contributed by atoms with Crippen molar-refractivity contribution in [1.29, 1.82) is 10.7 Å². The van der Waals surface area contributed by atoms with Crippen LogP contribution < -0.4 is 10.5 Å². The number of ether oxygens (including phenoxy) is 1. The maximum atomic E-state index is 9.48. The van der Waals surface area contributed by atoms with Gasteiger partial charge in [-0.25, -0.2) is 0 Å². The Morgan fingerprint density at radius 2 is 1.95 bits per heavy atom. The van der Waals surface area contributed by atoms with Crippen LogP contribution in [0, 0.1) is 22.7 Å². The van der Waals surface area contributed by atoms with Gasteiger partial charge in [0.1, 0.15) is 11.7 Å². The summed E-state index contributed by atoms with van der Waals surface area (Å²) >= 11 is 0. The van der Waals surface area contributed by atoms with E-state index in [1.165, 1.54) is 5.56 Å². The molecule has 0 spiro atoms. The number of fused-ring (bicyclic) bond motifs is 1. The van der Waals surface area contributed by atoms with E-state index in [0.717, 1.165) is 17.5 Å². The first-order chi connectivity index (χ1) is 10.6. The van der Waals surface area contributed by atoms with Crippen LogP contribution in [0.5, 0.6) is 5.75 Å². The molecule has 1 aliphatic rings. The molecular weight excluding hydrogens is 274 g/mol. The zero-order valence-electron chi connectivity index (χ0n) is 12.3. The van der Waals surface area contributed by atoms with E-state index < -0.39 is 5.92 Å². The Hall–Kier alpha value is -2.80. The van der Waals surface area contributed by atoms with Crippen LogP contribution in [0.1, 0.15) is 29.5 Å². The van der Waals surface area contributed by atoms with Crippen LogP contribution >= 0.6 is 0 Å². The molecular formula is C18H17N3O. The molecule has 0 aromatic heterocycles. The second kappa shape index (κ2) is 5.53. The molecule has 2 unspecified atom stereocenters. The molecule has 3 N–H and O–H groups in total. The highest BCUT2D eigenvalue weighted by molar-refractivity contribution is 5.85. The van der Waals surface area contributed by atoms with Crippen molar-refractivity contribution in [1.82, 2.24) is 0 Å². The van der Waals surface area contributed by atoms with Crippen LogP contribution in [-0.2, 0) is 6.42 Å². The molecule has 2 aromatic carbocycles. The van der Waals surface area contributed by atoms with E-state index in [4.69, 9.17) is 15.9 Å². The van der Waals surface area contributed by atoms with Gasteiger partial charge in [0.05, 0.1) is 6.07 Å². The Kier molecular flexibility index (Phi) is 3.56. The number of nitriles is 1. The number of nitrogens with one attached hydrogen (secondary N) is 1. The number of hydrogen-bond donors (Lipinski definition) is 2. The van der Waals surface area contributed by atoms with Gasteiger partial charge in [0.25, 0.3) is 0 Å². The molecule has 2 atom stereocenters. The monoisotopic (exact) mass is 291 g/mol. The molecule has 22 heavy (non-hydrogen) atoms. The molecule has 1 heterocycles. The lowest BCUT2D eigenvalue weighted by Gasteiger charge is -2.30. The highest BCUT2D eigenvalue weighted by Gasteiger charge is 2.36. The second-order valence-corrected chi connectivity index (χ2v) is 5.44. The number of aryl methyl sites for hydroxylation is 1. The van der Waals surface area contributed by atoms with Gasteiger partial charge in [-0.15, -0.1) is 0 Å². The van der Waals surface area contributed by atoms with Gasteiger partial charge in [-0.1, -0.05) is 37.3 Å². The standard InChI is InChI=1S/C18H17N3O/c1-2-11-3-5-12(6-4-11)17-14-8-7-13(20)9-16(14)22-18(21)15(17)10-19/h3-9,15,17,21H,2,20H2,1H3. The molecule has 1 aliphatic heterocycles. The maximum Gasteiger partial charge on any atom is 0.205 e. The summed E-state index contributed by atoms with van der Waals surface area (Å²) in [5.74, 6) is -0.275. The third-order valence-electron chi connectivity index (χ3n) is 4.09. The van der Waals surface area contributed by atoms with Gasteiger partial charge in [-0.3, -0.25) is 5.41 Å².